The first-order valence-electron chi connectivity index (χ1n) is 6.83. The first-order chi connectivity index (χ1) is 10.8. The number of nitrogens with zero attached hydrogens (tertiary/aromatic N) is 3. The average Bonchev–Trinajstić information content (AvgIpc) is 3.02. The lowest BCUT2D eigenvalue weighted by atomic mass is 10.2. The highest BCUT2D eigenvalue weighted by molar-refractivity contribution is 5.86. The van der Waals surface area contributed by atoms with Crippen molar-refractivity contribution in [3.63, 3.8) is 0 Å². The number of carbonyl (C=O) groups is 1. The van der Waals surface area contributed by atoms with E-state index in [2.05, 4.69) is 20.2 Å². The van der Waals surface area contributed by atoms with Gasteiger partial charge in [-0.3, -0.25) is 9.89 Å². The van der Waals surface area contributed by atoms with Gasteiger partial charge >= 0.3 is 0 Å². The summed E-state index contributed by atoms with van der Waals surface area (Å²) in [6, 6.07) is 13.3. The van der Waals surface area contributed by atoms with Gasteiger partial charge in [-0.15, -0.1) is 0 Å². The van der Waals surface area contributed by atoms with Crippen molar-refractivity contribution in [2.75, 3.05) is 0 Å². The van der Waals surface area contributed by atoms with Crippen molar-refractivity contribution in [3.8, 4) is 0 Å². The summed E-state index contributed by atoms with van der Waals surface area (Å²) in [5.74, 6) is 0. The number of pyridine rings is 2. The lowest BCUT2D eigenvalue weighted by Gasteiger charge is -1.94. The van der Waals surface area contributed by atoms with Crippen LogP contribution in [0.2, 0.25) is 0 Å². The van der Waals surface area contributed by atoms with Gasteiger partial charge in [-0.1, -0.05) is 0 Å². The number of benzene rings is 1. The summed E-state index contributed by atoms with van der Waals surface area (Å²) in [4.78, 5) is 18.7. The van der Waals surface area contributed by atoms with Gasteiger partial charge in [0, 0.05) is 29.7 Å². The summed E-state index contributed by atoms with van der Waals surface area (Å²) >= 11 is 0. The summed E-state index contributed by atoms with van der Waals surface area (Å²) in [7, 11) is 0. The molecule has 0 aliphatic heterocycles. The van der Waals surface area contributed by atoms with Crippen LogP contribution in [0.25, 0.3) is 21.9 Å². The van der Waals surface area contributed by atoms with Gasteiger partial charge in [0.2, 0.25) is 0 Å². The van der Waals surface area contributed by atoms with Crippen molar-refractivity contribution in [3.05, 3.63) is 66.1 Å². The fourth-order valence-corrected chi connectivity index (χ4v) is 2.08. The van der Waals surface area contributed by atoms with Crippen LogP contribution in [0, 0.1) is 6.92 Å². The number of hydrogen-bond donors (Lipinski definition) is 1. The molecule has 0 saturated carbocycles. The van der Waals surface area contributed by atoms with E-state index in [0.29, 0.717) is 5.56 Å². The normalized spacial score (nSPS) is 10.2. The second-order valence-corrected chi connectivity index (χ2v) is 4.84. The highest BCUT2D eigenvalue weighted by Crippen LogP contribution is 2.11. The zero-order chi connectivity index (χ0) is 15.4. The maximum atomic E-state index is 10.3. The first kappa shape index (κ1) is 13.9. The Balaban J connectivity index is 0.000000160. The zero-order valence-electron chi connectivity index (χ0n) is 12.0. The fourth-order valence-electron chi connectivity index (χ4n) is 2.08. The summed E-state index contributed by atoms with van der Waals surface area (Å²) < 4.78 is 0. The van der Waals surface area contributed by atoms with Gasteiger partial charge in [0.15, 0.2) is 5.65 Å². The Bertz CT molecular complexity index is 936. The van der Waals surface area contributed by atoms with Crippen molar-refractivity contribution in [2.45, 2.75) is 6.92 Å². The van der Waals surface area contributed by atoms with Gasteiger partial charge in [0.25, 0.3) is 0 Å². The number of aldehydes is 1. The van der Waals surface area contributed by atoms with E-state index in [1.165, 1.54) is 0 Å². The number of carbonyl (C=O) groups excluding carboxylic acids is 1. The van der Waals surface area contributed by atoms with E-state index in [0.717, 1.165) is 33.9 Å². The molecule has 0 radical (unpaired) electrons. The standard InChI is InChI=1S/C9H8N2.C8H6N2O.H2/c1-7-4-5-8-3-2-6-10-9(8)11-7;11-5-6-1-2-8-7(3-6)4-9-10-8;/h2-6H,1H3;1-5H,(H,9,10);1H. The van der Waals surface area contributed by atoms with Gasteiger partial charge in [-0.25, -0.2) is 9.97 Å². The van der Waals surface area contributed by atoms with E-state index >= 15 is 0 Å². The minimum absolute atomic E-state index is 0. The van der Waals surface area contributed by atoms with E-state index in [1.54, 1.807) is 24.5 Å². The predicted octanol–water partition coefficient (Wildman–Crippen LogP) is 3.56. The topological polar surface area (TPSA) is 71.5 Å². The average molecular weight is 292 g/mol. The van der Waals surface area contributed by atoms with Crippen LogP contribution in [0.15, 0.2) is 54.9 Å². The van der Waals surface area contributed by atoms with Crippen molar-refractivity contribution in [2.24, 2.45) is 0 Å². The summed E-state index contributed by atoms with van der Waals surface area (Å²) in [6.45, 7) is 1.97. The Kier molecular flexibility index (Phi) is 3.87. The molecule has 0 aliphatic rings. The Morgan fingerprint density at radius 3 is 2.91 bits per heavy atom. The van der Waals surface area contributed by atoms with Crippen molar-refractivity contribution in [1.29, 1.82) is 0 Å². The van der Waals surface area contributed by atoms with E-state index in [9.17, 15) is 4.79 Å². The first-order valence-corrected chi connectivity index (χ1v) is 6.83. The van der Waals surface area contributed by atoms with Crippen LogP contribution in [0.4, 0.5) is 0 Å². The van der Waals surface area contributed by atoms with E-state index in [-0.39, 0.29) is 1.43 Å². The van der Waals surface area contributed by atoms with Crippen LogP contribution < -0.4 is 0 Å². The van der Waals surface area contributed by atoms with Crippen molar-refractivity contribution < 1.29 is 6.22 Å². The molecule has 4 rings (SSSR count). The minimum atomic E-state index is 0. The molecule has 110 valence electrons. The highest BCUT2D eigenvalue weighted by Gasteiger charge is 1.95. The number of hydrogen-bond acceptors (Lipinski definition) is 4. The van der Waals surface area contributed by atoms with Gasteiger partial charge in [0.1, 0.15) is 6.29 Å². The van der Waals surface area contributed by atoms with E-state index in [4.69, 9.17) is 0 Å². The van der Waals surface area contributed by atoms with Crippen LogP contribution >= 0.6 is 0 Å². The van der Waals surface area contributed by atoms with Crippen LogP contribution in [0.5, 0.6) is 0 Å². The maximum absolute atomic E-state index is 10.3. The minimum Gasteiger partial charge on any atom is -0.298 e. The molecule has 22 heavy (non-hydrogen) atoms. The molecule has 1 N–H and O–H groups in total. The van der Waals surface area contributed by atoms with Gasteiger partial charge in [-0.2, -0.15) is 5.10 Å². The molecule has 0 atom stereocenters. The smallest absolute Gasteiger partial charge is 0.159 e. The molecule has 4 aromatic rings. The predicted molar refractivity (Wildman–Crippen MR) is 87.9 cm³/mol. The van der Waals surface area contributed by atoms with Crippen LogP contribution in [-0.4, -0.2) is 26.5 Å². The lowest BCUT2D eigenvalue weighted by molar-refractivity contribution is 0.112. The second kappa shape index (κ2) is 6.13. The molecule has 3 heterocycles. The van der Waals surface area contributed by atoms with E-state index in [1.807, 2.05) is 37.3 Å². The van der Waals surface area contributed by atoms with Crippen LogP contribution in [0.1, 0.15) is 17.5 Å². The molecule has 0 saturated heterocycles. The van der Waals surface area contributed by atoms with Crippen LogP contribution in [0.3, 0.4) is 0 Å². The summed E-state index contributed by atoms with van der Waals surface area (Å²) in [5.41, 5.74) is 3.47. The molecule has 0 unspecified atom stereocenters. The number of fused-ring (bicyclic) bond motifs is 2. The summed E-state index contributed by atoms with van der Waals surface area (Å²) in [6.07, 6.45) is 4.28. The molecule has 0 bridgehead atoms. The zero-order valence-corrected chi connectivity index (χ0v) is 12.0. The Labute approximate surface area is 128 Å². The SMILES string of the molecule is Cc1ccc2cccnc2n1.O=Cc1ccc2[nH]ncc2c1.[HH]. The molecule has 0 spiro atoms. The van der Waals surface area contributed by atoms with Crippen molar-refractivity contribution >= 4 is 28.2 Å². The third kappa shape index (κ3) is 2.98. The molecule has 3 aromatic heterocycles. The quantitative estimate of drug-likeness (QED) is 0.544. The third-order valence-corrected chi connectivity index (χ3v) is 3.20. The number of aromatic amines is 1. The van der Waals surface area contributed by atoms with Gasteiger partial charge in [0.05, 0.1) is 11.7 Å². The number of H-pyrrole nitrogens is 1. The number of aromatic nitrogens is 4. The molecule has 5 heteroatoms. The van der Waals surface area contributed by atoms with E-state index < -0.39 is 0 Å². The monoisotopic (exact) mass is 292 g/mol. The van der Waals surface area contributed by atoms with Crippen LogP contribution in [-0.2, 0) is 0 Å². The molecule has 0 fully saturated rings. The number of rotatable bonds is 1. The van der Waals surface area contributed by atoms with Gasteiger partial charge in [-0.05, 0) is 49.4 Å². The number of aryl methyl sites for hydroxylation is 1. The Morgan fingerprint density at radius 2 is 2.05 bits per heavy atom. The highest BCUT2D eigenvalue weighted by atomic mass is 16.1. The third-order valence-electron chi connectivity index (χ3n) is 3.20. The Hall–Kier alpha value is -3.08. The van der Waals surface area contributed by atoms with Crippen molar-refractivity contribution in [1.82, 2.24) is 20.2 Å². The van der Waals surface area contributed by atoms with Gasteiger partial charge < -0.3 is 0 Å². The molecule has 0 amide bonds. The molecular weight excluding hydrogens is 276 g/mol. The summed E-state index contributed by atoms with van der Waals surface area (Å²) in [5, 5.41) is 8.70. The number of nitrogens with one attached hydrogen (secondary N) is 1. The fraction of sp³-hybridized carbons (Fsp3) is 0.0588. The second-order valence-electron chi connectivity index (χ2n) is 4.84. The Morgan fingerprint density at radius 1 is 1.14 bits per heavy atom. The molecular formula is C17H16N4O. The molecule has 5 nitrogen and oxygen atoms in total. The largest absolute Gasteiger partial charge is 0.298 e. The molecule has 1 aromatic carbocycles. The maximum Gasteiger partial charge on any atom is 0.159 e. The lowest BCUT2D eigenvalue weighted by Crippen LogP contribution is -1.84. The molecule has 0 aliphatic carbocycles.